The fourth-order valence-corrected chi connectivity index (χ4v) is 2.94. The first-order valence-electron chi connectivity index (χ1n) is 11.4. The Morgan fingerprint density at radius 2 is 0.516 bits per heavy atom. The number of rotatable bonds is 0. The van der Waals surface area contributed by atoms with E-state index >= 15 is 0 Å². The molecule has 0 unspecified atom stereocenters. The van der Waals surface area contributed by atoms with Crippen molar-refractivity contribution in [3.8, 4) is 10.8 Å². The third-order valence-corrected chi connectivity index (χ3v) is 4.53. The molecule has 4 saturated heterocycles. The number of thiocyanates is 2. The zero-order chi connectivity index (χ0) is 22.4. The van der Waals surface area contributed by atoms with Crippen LogP contribution in [0, 0.1) is 21.3 Å². The van der Waals surface area contributed by atoms with Crippen LogP contribution in [0.5, 0.6) is 0 Å². The third kappa shape index (κ3) is 40.6. The summed E-state index contributed by atoms with van der Waals surface area (Å²) in [6.45, 7) is 9.00. The normalized spacial score (nSPS) is 19.0. The summed E-state index contributed by atoms with van der Waals surface area (Å²) in [7, 11) is 0. The van der Waals surface area contributed by atoms with E-state index in [2.05, 4.69) is 46.5 Å². The van der Waals surface area contributed by atoms with Crippen LogP contribution in [0.25, 0.3) is 21.3 Å². The molecule has 4 rings (SSSR count). The first-order valence-corrected chi connectivity index (χ1v) is 12.2. The monoisotopic (exact) mass is 511 g/mol. The van der Waals surface area contributed by atoms with Crippen LogP contribution in [0.1, 0.15) is 77.0 Å². The molecule has 0 aromatic heterocycles. The smallest absolute Gasteiger partial charge is 0 e. The molecule has 1 radical (unpaired) electrons. The Morgan fingerprint density at radius 3 is 0.548 bits per heavy atom. The van der Waals surface area contributed by atoms with Gasteiger partial charge in [0.2, 0.25) is 0 Å². The van der Waals surface area contributed by atoms with E-state index in [9.17, 15) is 0 Å². The number of piperidine rings is 4. The van der Waals surface area contributed by atoms with Gasteiger partial charge in [0, 0.05) is 16.8 Å². The first kappa shape index (κ1) is 35.4. The van der Waals surface area contributed by atoms with Gasteiger partial charge in [0.25, 0.3) is 0 Å². The molecule has 4 aliphatic rings. The number of nitriles is 2. The summed E-state index contributed by atoms with van der Waals surface area (Å²) < 4.78 is 0. The molecule has 0 amide bonds. The first-order chi connectivity index (χ1) is 14.8. The van der Waals surface area contributed by atoms with Crippen LogP contribution in [0.15, 0.2) is 0 Å². The number of nitrogens with zero attached hydrogens (tertiary/aromatic N) is 6. The number of hydrogen-bond donors (Lipinski definition) is 0. The van der Waals surface area contributed by atoms with Gasteiger partial charge in [-0.3, -0.25) is 0 Å². The van der Waals surface area contributed by atoms with E-state index in [1.54, 1.807) is 0 Å². The molecule has 0 atom stereocenters. The summed E-state index contributed by atoms with van der Waals surface area (Å²) >= 11 is 7.40. The molecule has 185 valence electrons. The van der Waals surface area contributed by atoms with Gasteiger partial charge in [-0.15, -0.1) is 52.4 Å². The van der Waals surface area contributed by atoms with Crippen molar-refractivity contribution in [2.24, 2.45) is 0 Å². The van der Waals surface area contributed by atoms with Gasteiger partial charge in [0.05, 0.1) is 0 Å². The largest absolute Gasteiger partial charge is 0.696 e. The van der Waals surface area contributed by atoms with Gasteiger partial charge < -0.3 is 46.5 Å². The predicted octanol–water partition coefficient (Wildman–Crippen LogP) is 6.20. The van der Waals surface area contributed by atoms with Crippen LogP contribution in [0.4, 0.5) is 0 Å². The minimum atomic E-state index is 0. The van der Waals surface area contributed by atoms with E-state index in [4.69, 9.17) is 10.5 Å². The van der Waals surface area contributed by atoms with Crippen molar-refractivity contribution < 1.29 is 16.8 Å². The van der Waals surface area contributed by atoms with Gasteiger partial charge in [-0.25, -0.2) is 10.5 Å². The Kier molecular flexibility index (Phi) is 42.3. The van der Waals surface area contributed by atoms with Crippen molar-refractivity contribution in [2.45, 2.75) is 77.0 Å². The van der Waals surface area contributed by atoms with Crippen LogP contribution in [0.2, 0.25) is 0 Å². The van der Waals surface area contributed by atoms with E-state index in [0.29, 0.717) is 0 Å². The summed E-state index contributed by atoms with van der Waals surface area (Å²) in [5, 5.41) is 33.6. The molecule has 0 saturated carbocycles. The second kappa shape index (κ2) is 37.1. The molecule has 4 aliphatic heterocycles. The predicted molar refractivity (Wildman–Crippen MR) is 134 cm³/mol. The Bertz CT molecular complexity index is 269. The maximum atomic E-state index is 7.13. The minimum Gasteiger partial charge on any atom is -0.696 e. The summed E-state index contributed by atoms with van der Waals surface area (Å²) in [5.41, 5.74) is 0. The van der Waals surface area contributed by atoms with Gasteiger partial charge in [-0.05, 0) is 0 Å². The average Bonchev–Trinajstić information content (AvgIpc) is 2.86. The van der Waals surface area contributed by atoms with Crippen molar-refractivity contribution in [3.05, 3.63) is 21.3 Å². The Labute approximate surface area is 213 Å². The standard InChI is InChI=1S/4C5H10N.2CHNS.Co/c4*1-2-4-6-5-3-1;2*2-1-3;/h4*1-5H2;2*3H;/q4*-1;;;/p-2. The van der Waals surface area contributed by atoms with Gasteiger partial charge in [0.15, 0.2) is 0 Å². The average molecular weight is 512 g/mol. The van der Waals surface area contributed by atoms with E-state index < -0.39 is 0 Å². The fourth-order valence-electron chi connectivity index (χ4n) is 2.94. The zero-order valence-electron chi connectivity index (χ0n) is 19.0. The number of hydrogen-bond acceptors (Lipinski definition) is 4. The molecule has 0 N–H and O–H groups in total. The molecule has 4 heterocycles. The van der Waals surface area contributed by atoms with Crippen molar-refractivity contribution in [3.63, 3.8) is 0 Å². The Balaban J connectivity index is -0.000000309. The molecule has 4 fully saturated rings. The van der Waals surface area contributed by atoms with E-state index in [-0.39, 0.29) is 16.8 Å². The van der Waals surface area contributed by atoms with Crippen molar-refractivity contribution in [1.82, 2.24) is 0 Å². The molecule has 6 nitrogen and oxygen atoms in total. The molecule has 31 heavy (non-hydrogen) atoms. The van der Waals surface area contributed by atoms with E-state index in [0.717, 1.165) is 52.4 Å². The Hall–Kier alpha value is -0.234. The van der Waals surface area contributed by atoms with Crippen LogP contribution < -0.4 is 0 Å². The molecule has 0 aliphatic carbocycles. The quantitative estimate of drug-likeness (QED) is 0.285. The maximum absolute atomic E-state index is 7.13. The molecule has 0 spiro atoms. The van der Waals surface area contributed by atoms with E-state index in [1.165, 1.54) is 87.9 Å². The molecule has 0 aromatic rings. The summed E-state index contributed by atoms with van der Waals surface area (Å²) in [5.74, 6) is 0. The summed E-state index contributed by atoms with van der Waals surface area (Å²) in [4.78, 5) is 0. The Morgan fingerprint density at radius 1 is 0.387 bits per heavy atom. The van der Waals surface area contributed by atoms with Crippen molar-refractivity contribution in [2.75, 3.05) is 52.4 Å². The third-order valence-electron chi connectivity index (χ3n) is 4.53. The van der Waals surface area contributed by atoms with E-state index in [1.807, 2.05) is 0 Å². The van der Waals surface area contributed by atoms with Gasteiger partial charge >= 0.3 is 0 Å². The topological polar surface area (TPSA) is 104 Å². The van der Waals surface area contributed by atoms with Crippen LogP contribution in [0.3, 0.4) is 0 Å². The molecule has 9 heteroatoms. The summed E-state index contributed by atoms with van der Waals surface area (Å²) in [6, 6.07) is 0. The zero-order valence-corrected chi connectivity index (χ0v) is 21.6. The molecule has 0 bridgehead atoms. The molecule has 0 aromatic carbocycles. The fraction of sp³-hybridized carbons (Fsp3) is 0.909. The van der Waals surface area contributed by atoms with Crippen LogP contribution >= 0.6 is 0 Å². The second-order valence-electron chi connectivity index (χ2n) is 7.11. The summed E-state index contributed by atoms with van der Waals surface area (Å²) in [6.07, 6.45) is 16.3. The van der Waals surface area contributed by atoms with Gasteiger partial charge in [-0.2, -0.15) is 0 Å². The maximum Gasteiger partial charge on any atom is 0 e. The second-order valence-corrected chi connectivity index (χ2v) is 7.47. The van der Waals surface area contributed by atoms with Gasteiger partial charge in [-0.1, -0.05) is 87.9 Å². The van der Waals surface area contributed by atoms with Crippen LogP contribution in [-0.4, -0.2) is 52.4 Å². The van der Waals surface area contributed by atoms with Crippen molar-refractivity contribution >= 4 is 25.3 Å². The molecular weight excluding hydrogens is 471 g/mol. The minimum absolute atomic E-state index is 0. The SMILES string of the molecule is C1CC[N-]CC1.C1CC[N-]CC1.C1CC[N-]CC1.C1CC[N-]CC1.N#C[S-].N#C[S-].[Co]. The van der Waals surface area contributed by atoms with Crippen molar-refractivity contribution in [1.29, 1.82) is 10.5 Å². The van der Waals surface area contributed by atoms with Crippen LogP contribution in [-0.2, 0) is 42.0 Å². The molecular formula is C22H40CoN6S2-6. The van der Waals surface area contributed by atoms with Gasteiger partial charge in [0.1, 0.15) is 0 Å².